The predicted octanol–water partition coefficient (Wildman–Crippen LogP) is 2.78. The molecule has 1 N–H and O–H groups in total. The van der Waals surface area contributed by atoms with Crippen LogP contribution in [0.3, 0.4) is 0 Å². The molecule has 0 saturated carbocycles. The molecule has 18 heavy (non-hydrogen) atoms. The Morgan fingerprint density at radius 3 is 2.61 bits per heavy atom. The second kappa shape index (κ2) is 6.85. The Balaban J connectivity index is 2.55. The molecule has 0 bridgehead atoms. The molecule has 0 fully saturated rings. The van der Waals surface area contributed by atoms with E-state index < -0.39 is 6.43 Å². The number of furan rings is 1. The molecule has 0 aromatic carbocycles. The number of aryl methyl sites for hydroxylation is 1. The molecule has 104 valence electrons. The van der Waals surface area contributed by atoms with Gasteiger partial charge < -0.3 is 9.73 Å². The Morgan fingerprint density at radius 1 is 1.39 bits per heavy atom. The van der Waals surface area contributed by atoms with Crippen LogP contribution in [0.15, 0.2) is 10.5 Å². The van der Waals surface area contributed by atoms with Crippen LogP contribution in [0.25, 0.3) is 0 Å². The first-order valence-corrected chi connectivity index (χ1v) is 6.16. The first-order chi connectivity index (χ1) is 8.38. The molecule has 0 spiro atoms. The minimum Gasteiger partial charge on any atom is -0.465 e. The van der Waals surface area contributed by atoms with Crippen LogP contribution in [-0.2, 0) is 13.1 Å². The van der Waals surface area contributed by atoms with Gasteiger partial charge in [0.2, 0.25) is 0 Å². The van der Waals surface area contributed by atoms with Crippen molar-refractivity contribution < 1.29 is 13.2 Å². The van der Waals surface area contributed by atoms with Gasteiger partial charge in [0.1, 0.15) is 11.5 Å². The van der Waals surface area contributed by atoms with E-state index in [4.69, 9.17) is 4.42 Å². The van der Waals surface area contributed by atoms with Crippen molar-refractivity contribution in [3.05, 3.63) is 23.2 Å². The first-order valence-electron chi connectivity index (χ1n) is 6.16. The molecule has 1 aromatic rings. The molecule has 1 heterocycles. The van der Waals surface area contributed by atoms with Gasteiger partial charge >= 0.3 is 0 Å². The van der Waals surface area contributed by atoms with E-state index in [-0.39, 0.29) is 6.54 Å². The standard InChI is InChI=1S/C13H22F2N2O/c1-9(2)16-6-11-5-12(18-10(11)3)7-17(4)8-13(14)15/h5,9,13,16H,6-8H2,1-4H3. The number of halogens is 2. The van der Waals surface area contributed by atoms with E-state index in [0.29, 0.717) is 12.6 Å². The summed E-state index contributed by atoms with van der Waals surface area (Å²) in [6, 6.07) is 2.34. The molecule has 0 aliphatic carbocycles. The van der Waals surface area contributed by atoms with Gasteiger partial charge in [-0.15, -0.1) is 0 Å². The highest BCUT2D eigenvalue weighted by molar-refractivity contribution is 5.20. The molecule has 0 saturated heterocycles. The molecule has 0 aliphatic heterocycles. The SMILES string of the molecule is Cc1oc(CN(C)CC(F)F)cc1CNC(C)C. The van der Waals surface area contributed by atoms with E-state index in [1.54, 1.807) is 11.9 Å². The summed E-state index contributed by atoms with van der Waals surface area (Å²) in [6.45, 7) is 6.96. The summed E-state index contributed by atoms with van der Waals surface area (Å²) in [4.78, 5) is 1.56. The van der Waals surface area contributed by atoms with Crippen molar-refractivity contribution in [3.8, 4) is 0 Å². The molecule has 0 atom stereocenters. The zero-order chi connectivity index (χ0) is 13.7. The van der Waals surface area contributed by atoms with Gasteiger partial charge in [-0.1, -0.05) is 13.8 Å². The molecule has 0 amide bonds. The van der Waals surface area contributed by atoms with Crippen molar-refractivity contribution in [3.63, 3.8) is 0 Å². The second-order valence-corrected chi connectivity index (χ2v) is 4.92. The van der Waals surface area contributed by atoms with E-state index >= 15 is 0 Å². The van der Waals surface area contributed by atoms with E-state index in [1.165, 1.54) is 0 Å². The van der Waals surface area contributed by atoms with Crippen LogP contribution in [0.1, 0.15) is 30.9 Å². The lowest BCUT2D eigenvalue weighted by Crippen LogP contribution is -2.24. The largest absolute Gasteiger partial charge is 0.465 e. The summed E-state index contributed by atoms with van der Waals surface area (Å²) in [5.41, 5.74) is 1.09. The van der Waals surface area contributed by atoms with Crippen LogP contribution in [0.5, 0.6) is 0 Å². The van der Waals surface area contributed by atoms with Crippen molar-refractivity contribution in [2.75, 3.05) is 13.6 Å². The van der Waals surface area contributed by atoms with Gasteiger partial charge in [0.15, 0.2) is 0 Å². The highest BCUT2D eigenvalue weighted by Crippen LogP contribution is 2.16. The molecule has 1 aromatic heterocycles. The van der Waals surface area contributed by atoms with E-state index in [0.717, 1.165) is 23.6 Å². The fourth-order valence-corrected chi connectivity index (χ4v) is 1.72. The lowest BCUT2D eigenvalue weighted by atomic mass is 10.2. The molecular formula is C13H22F2N2O. The molecule has 0 aliphatic rings. The lowest BCUT2D eigenvalue weighted by Gasteiger charge is -2.13. The van der Waals surface area contributed by atoms with Crippen LogP contribution in [0.4, 0.5) is 8.78 Å². The molecule has 0 radical (unpaired) electrons. The summed E-state index contributed by atoms with van der Waals surface area (Å²) in [5, 5.41) is 3.31. The van der Waals surface area contributed by atoms with Crippen molar-refractivity contribution in [2.45, 2.75) is 46.3 Å². The van der Waals surface area contributed by atoms with Gasteiger partial charge in [0.05, 0.1) is 13.1 Å². The van der Waals surface area contributed by atoms with Gasteiger partial charge in [-0.25, -0.2) is 8.78 Å². The predicted molar refractivity (Wildman–Crippen MR) is 67.8 cm³/mol. The molecular weight excluding hydrogens is 238 g/mol. The van der Waals surface area contributed by atoms with Crippen molar-refractivity contribution in [1.82, 2.24) is 10.2 Å². The summed E-state index contributed by atoms with van der Waals surface area (Å²) in [6.07, 6.45) is -2.31. The maximum absolute atomic E-state index is 12.2. The normalized spacial score (nSPS) is 12.1. The topological polar surface area (TPSA) is 28.4 Å². The highest BCUT2D eigenvalue weighted by Gasteiger charge is 2.12. The molecule has 5 heteroatoms. The van der Waals surface area contributed by atoms with Crippen LogP contribution in [0, 0.1) is 6.92 Å². The van der Waals surface area contributed by atoms with Crippen LogP contribution >= 0.6 is 0 Å². The monoisotopic (exact) mass is 260 g/mol. The first kappa shape index (κ1) is 15.1. The minimum atomic E-state index is -2.31. The fraction of sp³-hybridized carbons (Fsp3) is 0.692. The van der Waals surface area contributed by atoms with E-state index in [9.17, 15) is 8.78 Å². The summed E-state index contributed by atoms with van der Waals surface area (Å²) < 4.78 is 30.0. The minimum absolute atomic E-state index is 0.237. The molecule has 0 unspecified atom stereocenters. The van der Waals surface area contributed by atoms with Gasteiger partial charge in [-0.05, 0) is 20.0 Å². The maximum atomic E-state index is 12.2. The van der Waals surface area contributed by atoms with Gasteiger partial charge in [-0.3, -0.25) is 4.90 Å². The summed E-state index contributed by atoms with van der Waals surface area (Å²) in [7, 11) is 1.66. The summed E-state index contributed by atoms with van der Waals surface area (Å²) in [5.74, 6) is 1.58. The average Bonchev–Trinajstić information content (AvgIpc) is 2.54. The lowest BCUT2D eigenvalue weighted by molar-refractivity contribution is 0.0945. The highest BCUT2D eigenvalue weighted by atomic mass is 19.3. The number of hydrogen-bond acceptors (Lipinski definition) is 3. The van der Waals surface area contributed by atoms with Crippen LogP contribution < -0.4 is 5.32 Å². The third-order valence-electron chi connectivity index (χ3n) is 2.65. The van der Waals surface area contributed by atoms with Crippen molar-refractivity contribution in [2.24, 2.45) is 0 Å². The fourth-order valence-electron chi connectivity index (χ4n) is 1.72. The van der Waals surface area contributed by atoms with E-state index in [1.807, 2.05) is 13.0 Å². The smallest absolute Gasteiger partial charge is 0.251 e. The molecule has 1 rings (SSSR count). The number of hydrogen-bond donors (Lipinski definition) is 1. The Hall–Kier alpha value is -0.940. The Labute approximate surface area is 107 Å². The quantitative estimate of drug-likeness (QED) is 0.817. The molecule has 3 nitrogen and oxygen atoms in total. The number of rotatable bonds is 7. The average molecular weight is 260 g/mol. The second-order valence-electron chi connectivity index (χ2n) is 4.92. The van der Waals surface area contributed by atoms with Gasteiger partial charge in [0, 0.05) is 18.2 Å². The van der Waals surface area contributed by atoms with Gasteiger partial charge in [-0.2, -0.15) is 0 Å². The number of nitrogens with one attached hydrogen (secondary N) is 1. The van der Waals surface area contributed by atoms with E-state index in [2.05, 4.69) is 19.2 Å². The zero-order valence-electron chi connectivity index (χ0n) is 11.5. The van der Waals surface area contributed by atoms with Crippen LogP contribution in [-0.4, -0.2) is 31.0 Å². The third-order valence-corrected chi connectivity index (χ3v) is 2.65. The third kappa shape index (κ3) is 5.14. The zero-order valence-corrected chi connectivity index (χ0v) is 11.5. The maximum Gasteiger partial charge on any atom is 0.251 e. The Kier molecular flexibility index (Phi) is 5.75. The summed E-state index contributed by atoms with van der Waals surface area (Å²) >= 11 is 0. The van der Waals surface area contributed by atoms with Gasteiger partial charge in [0.25, 0.3) is 6.43 Å². The van der Waals surface area contributed by atoms with Crippen LogP contribution in [0.2, 0.25) is 0 Å². The van der Waals surface area contributed by atoms with Crippen molar-refractivity contribution in [1.29, 1.82) is 0 Å². The van der Waals surface area contributed by atoms with Crippen molar-refractivity contribution >= 4 is 0 Å². The number of nitrogens with zero attached hydrogens (tertiary/aromatic N) is 1. The Morgan fingerprint density at radius 2 is 2.06 bits per heavy atom. The Bertz CT molecular complexity index is 364. The number of alkyl halides is 2.